The molecule has 1 heterocycles. The van der Waals surface area contributed by atoms with Gasteiger partial charge in [-0.3, -0.25) is 4.68 Å². The Bertz CT molecular complexity index is 321. The Balaban J connectivity index is 3.06. The van der Waals surface area contributed by atoms with E-state index in [0.717, 1.165) is 17.9 Å². The zero-order valence-corrected chi connectivity index (χ0v) is 10.7. The van der Waals surface area contributed by atoms with Crippen LogP contribution in [0.25, 0.3) is 0 Å². The number of rotatable bonds is 6. The lowest BCUT2D eigenvalue weighted by Crippen LogP contribution is -2.32. The van der Waals surface area contributed by atoms with Crippen molar-refractivity contribution in [1.29, 1.82) is 0 Å². The fourth-order valence-electron chi connectivity index (χ4n) is 1.98. The van der Waals surface area contributed by atoms with Gasteiger partial charge in [-0.05, 0) is 13.5 Å². The monoisotopic (exact) mass is 227 g/mol. The minimum atomic E-state index is 0.0810. The van der Waals surface area contributed by atoms with Crippen LogP contribution in [0, 0.1) is 0 Å². The molecular weight excluding hydrogens is 206 g/mol. The minimum absolute atomic E-state index is 0.0810. The van der Waals surface area contributed by atoms with E-state index in [1.807, 2.05) is 18.8 Å². The molecule has 1 rings (SSSR count). The summed E-state index contributed by atoms with van der Waals surface area (Å²) in [5.74, 6) is 0.789. The molecule has 0 aromatic carbocycles. The number of hydrogen-bond donors (Lipinski definition) is 1. The van der Waals surface area contributed by atoms with Crippen molar-refractivity contribution in [1.82, 2.24) is 15.1 Å². The van der Waals surface area contributed by atoms with Crippen molar-refractivity contribution in [3.63, 3.8) is 0 Å². The molecule has 16 heavy (non-hydrogen) atoms. The third kappa shape index (κ3) is 2.36. The number of likely N-dealkylation sites (N-methyl/N-ethyl adjacent to an activating group) is 1. The van der Waals surface area contributed by atoms with Gasteiger partial charge in [-0.1, -0.05) is 6.92 Å². The van der Waals surface area contributed by atoms with Crippen molar-refractivity contribution < 1.29 is 9.47 Å². The van der Waals surface area contributed by atoms with Crippen LogP contribution in [0.2, 0.25) is 0 Å². The van der Waals surface area contributed by atoms with Crippen LogP contribution in [0.15, 0.2) is 6.20 Å². The summed E-state index contributed by atoms with van der Waals surface area (Å²) in [4.78, 5) is 0. The molecule has 0 spiro atoms. The first-order chi connectivity index (χ1) is 7.69. The zero-order chi connectivity index (χ0) is 12.1. The van der Waals surface area contributed by atoms with Crippen molar-refractivity contribution in [2.45, 2.75) is 25.5 Å². The summed E-state index contributed by atoms with van der Waals surface area (Å²) in [7, 11) is 7.20. The van der Waals surface area contributed by atoms with Crippen LogP contribution in [0.1, 0.15) is 25.1 Å². The van der Waals surface area contributed by atoms with Gasteiger partial charge in [0.05, 0.1) is 31.1 Å². The summed E-state index contributed by atoms with van der Waals surface area (Å²) in [6, 6.07) is 0.0810. The van der Waals surface area contributed by atoms with E-state index in [1.54, 1.807) is 20.4 Å². The number of nitrogens with one attached hydrogen (secondary N) is 1. The molecule has 5 nitrogen and oxygen atoms in total. The number of aryl methyl sites for hydroxylation is 1. The largest absolute Gasteiger partial charge is 0.493 e. The molecular formula is C11H21N3O2. The second-order valence-electron chi connectivity index (χ2n) is 3.67. The highest BCUT2D eigenvalue weighted by molar-refractivity contribution is 5.29. The van der Waals surface area contributed by atoms with Crippen LogP contribution in [0.3, 0.4) is 0 Å². The third-order valence-corrected chi connectivity index (χ3v) is 2.85. The molecule has 0 aliphatic rings. The maximum absolute atomic E-state index is 5.47. The van der Waals surface area contributed by atoms with Crippen molar-refractivity contribution in [2.24, 2.45) is 7.05 Å². The van der Waals surface area contributed by atoms with Crippen LogP contribution in [0.5, 0.6) is 5.75 Å². The van der Waals surface area contributed by atoms with E-state index in [-0.39, 0.29) is 12.1 Å². The SMILES string of the molecule is CCC(OC)C(NC)c1c(OC)cnn1C. The summed E-state index contributed by atoms with van der Waals surface area (Å²) in [5, 5.41) is 7.46. The molecule has 0 radical (unpaired) electrons. The zero-order valence-electron chi connectivity index (χ0n) is 10.7. The average Bonchev–Trinajstić information content (AvgIpc) is 2.67. The van der Waals surface area contributed by atoms with Gasteiger partial charge in [0, 0.05) is 14.2 Å². The second-order valence-corrected chi connectivity index (χ2v) is 3.67. The first-order valence-corrected chi connectivity index (χ1v) is 5.45. The minimum Gasteiger partial charge on any atom is -0.493 e. The highest BCUT2D eigenvalue weighted by atomic mass is 16.5. The first kappa shape index (κ1) is 13.0. The van der Waals surface area contributed by atoms with E-state index < -0.39 is 0 Å². The molecule has 0 amide bonds. The van der Waals surface area contributed by atoms with Crippen molar-refractivity contribution in [3.05, 3.63) is 11.9 Å². The average molecular weight is 227 g/mol. The first-order valence-electron chi connectivity index (χ1n) is 5.45. The summed E-state index contributed by atoms with van der Waals surface area (Å²) in [6.45, 7) is 2.10. The quantitative estimate of drug-likeness (QED) is 0.791. The van der Waals surface area contributed by atoms with Gasteiger partial charge in [-0.2, -0.15) is 5.10 Å². The highest BCUT2D eigenvalue weighted by Gasteiger charge is 2.26. The summed E-state index contributed by atoms with van der Waals surface area (Å²) in [5.41, 5.74) is 1.01. The predicted octanol–water partition coefficient (Wildman–Crippen LogP) is 1.11. The topological polar surface area (TPSA) is 48.3 Å². The van der Waals surface area contributed by atoms with Crippen LogP contribution in [-0.4, -0.2) is 37.2 Å². The summed E-state index contributed by atoms with van der Waals surface area (Å²) >= 11 is 0. The molecule has 0 fully saturated rings. The fourth-order valence-corrected chi connectivity index (χ4v) is 1.98. The molecule has 1 aromatic rings. The Morgan fingerprint density at radius 2 is 2.19 bits per heavy atom. The molecule has 0 aliphatic heterocycles. The molecule has 2 unspecified atom stereocenters. The van der Waals surface area contributed by atoms with Crippen LogP contribution >= 0.6 is 0 Å². The highest BCUT2D eigenvalue weighted by Crippen LogP contribution is 2.28. The molecule has 1 aromatic heterocycles. The predicted molar refractivity (Wildman–Crippen MR) is 62.6 cm³/mol. The van der Waals surface area contributed by atoms with E-state index in [2.05, 4.69) is 17.3 Å². The van der Waals surface area contributed by atoms with E-state index in [4.69, 9.17) is 9.47 Å². The van der Waals surface area contributed by atoms with Gasteiger partial charge in [0.1, 0.15) is 0 Å². The molecule has 0 bridgehead atoms. The van der Waals surface area contributed by atoms with Gasteiger partial charge in [0.25, 0.3) is 0 Å². The number of ether oxygens (including phenoxy) is 2. The molecule has 0 aliphatic carbocycles. The molecule has 2 atom stereocenters. The molecule has 92 valence electrons. The molecule has 1 N–H and O–H groups in total. The maximum Gasteiger partial charge on any atom is 0.161 e. The van der Waals surface area contributed by atoms with E-state index in [1.165, 1.54) is 0 Å². The van der Waals surface area contributed by atoms with Gasteiger partial charge in [-0.15, -0.1) is 0 Å². The maximum atomic E-state index is 5.47. The number of methoxy groups -OCH3 is 2. The molecule has 0 saturated carbocycles. The van der Waals surface area contributed by atoms with Gasteiger partial charge in [-0.25, -0.2) is 0 Å². The van der Waals surface area contributed by atoms with Crippen LogP contribution < -0.4 is 10.1 Å². The number of nitrogens with zero attached hydrogens (tertiary/aromatic N) is 2. The summed E-state index contributed by atoms with van der Waals surface area (Å²) in [6.07, 6.45) is 2.76. The van der Waals surface area contributed by atoms with Gasteiger partial charge < -0.3 is 14.8 Å². The normalized spacial score (nSPS) is 14.8. The lowest BCUT2D eigenvalue weighted by Gasteiger charge is -2.25. The van der Waals surface area contributed by atoms with Crippen LogP contribution in [-0.2, 0) is 11.8 Å². The van der Waals surface area contributed by atoms with Crippen molar-refractivity contribution in [2.75, 3.05) is 21.3 Å². The number of aromatic nitrogens is 2. The Hall–Kier alpha value is -1.07. The van der Waals surface area contributed by atoms with E-state index in [0.29, 0.717) is 0 Å². The Morgan fingerprint density at radius 1 is 1.50 bits per heavy atom. The number of hydrogen-bond acceptors (Lipinski definition) is 4. The van der Waals surface area contributed by atoms with Gasteiger partial charge in [0.15, 0.2) is 5.75 Å². The third-order valence-electron chi connectivity index (χ3n) is 2.85. The fraction of sp³-hybridized carbons (Fsp3) is 0.727. The van der Waals surface area contributed by atoms with Gasteiger partial charge in [0.2, 0.25) is 0 Å². The lowest BCUT2D eigenvalue weighted by atomic mass is 10.0. The molecule has 0 saturated heterocycles. The van der Waals surface area contributed by atoms with Gasteiger partial charge >= 0.3 is 0 Å². The Labute approximate surface area is 96.7 Å². The van der Waals surface area contributed by atoms with E-state index >= 15 is 0 Å². The Kier molecular flexibility index (Phi) is 4.76. The van der Waals surface area contributed by atoms with E-state index in [9.17, 15) is 0 Å². The van der Waals surface area contributed by atoms with Crippen molar-refractivity contribution >= 4 is 0 Å². The van der Waals surface area contributed by atoms with Crippen molar-refractivity contribution in [3.8, 4) is 5.75 Å². The summed E-state index contributed by atoms with van der Waals surface area (Å²) < 4.78 is 12.6. The lowest BCUT2D eigenvalue weighted by molar-refractivity contribution is 0.0642. The van der Waals surface area contributed by atoms with Crippen LogP contribution in [0.4, 0.5) is 0 Å². The smallest absolute Gasteiger partial charge is 0.161 e. The molecule has 5 heteroatoms. The second kappa shape index (κ2) is 5.86. The standard InChI is InChI=1S/C11H21N3O2/c1-6-8(15-4)10(12-2)11-9(16-5)7-13-14(11)3/h7-8,10,12H,6H2,1-5H3. The Morgan fingerprint density at radius 3 is 2.62 bits per heavy atom.